The first-order valence-corrected chi connectivity index (χ1v) is 6.46. The summed E-state index contributed by atoms with van der Waals surface area (Å²) in [6.07, 6.45) is 0. The topological polar surface area (TPSA) is 41.6 Å². The molecule has 18 heavy (non-hydrogen) atoms. The summed E-state index contributed by atoms with van der Waals surface area (Å²) in [4.78, 5) is 14.3. The maximum atomic E-state index is 12.5. The highest BCUT2D eigenvalue weighted by Crippen LogP contribution is 2.22. The van der Waals surface area contributed by atoms with E-state index in [-0.39, 0.29) is 5.91 Å². The van der Waals surface area contributed by atoms with E-state index in [0.29, 0.717) is 17.9 Å². The number of piperazine rings is 1. The van der Waals surface area contributed by atoms with Crippen LogP contribution in [0.5, 0.6) is 5.75 Å². The summed E-state index contributed by atoms with van der Waals surface area (Å²) in [5.41, 5.74) is 1.76. The zero-order valence-electron chi connectivity index (χ0n) is 11.0. The van der Waals surface area contributed by atoms with Crippen LogP contribution in [0.3, 0.4) is 0 Å². The minimum atomic E-state index is 0.0728. The number of ether oxygens (including phenoxy) is 1. The average molecular weight is 248 g/mol. The molecule has 0 radical (unpaired) electrons. The summed E-state index contributed by atoms with van der Waals surface area (Å²) in [6.45, 7) is 7.74. The molecular formula is C14H20N2O2. The Kier molecular flexibility index (Phi) is 4.20. The number of benzene rings is 1. The van der Waals surface area contributed by atoms with Crippen LogP contribution in [0.4, 0.5) is 0 Å². The molecule has 1 amide bonds. The van der Waals surface area contributed by atoms with Crippen molar-refractivity contribution in [2.24, 2.45) is 0 Å². The third kappa shape index (κ3) is 2.82. The van der Waals surface area contributed by atoms with E-state index < -0.39 is 0 Å². The number of rotatable bonds is 3. The van der Waals surface area contributed by atoms with Crippen LogP contribution in [0, 0.1) is 6.92 Å². The Morgan fingerprint density at radius 3 is 2.78 bits per heavy atom. The van der Waals surface area contributed by atoms with Gasteiger partial charge < -0.3 is 15.0 Å². The second-order valence-electron chi connectivity index (χ2n) is 4.47. The van der Waals surface area contributed by atoms with Gasteiger partial charge in [-0.3, -0.25) is 4.79 Å². The van der Waals surface area contributed by atoms with Crippen molar-refractivity contribution in [3.63, 3.8) is 0 Å². The number of nitrogens with zero attached hydrogens (tertiary/aromatic N) is 1. The molecule has 1 heterocycles. The third-order valence-corrected chi connectivity index (χ3v) is 3.07. The Morgan fingerprint density at radius 2 is 2.11 bits per heavy atom. The van der Waals surface area contributed by atoms with Crippen LogP contribution in [0.2, 0.25) is 0 Å². The average Bonchev–Trinajstić information content (AvgIpc) is 2.41. The van der Waals surface area contributed by atoms with E-state index in [9.17, 15) is 4.79 Å². The molecule has 1 aliphatic rings. The lowest BCUT2D eigenvalue weighted by atomic mass is 10.1. The van der Waals surface area contributed by atoms with E-state index in [4.69, 9.17) is 4.74 Å². The summed E-state index contributed by atoms with van der Waals surface area (Å²) < 4.78 is 5.54. The Hall–Kier alpha value is -1.55. The van der Waals surface area contributed by atoms with Gasteiger partial charge in [0.15, 0.2) is 0 Å². The summed E-state index contributed by atoms with van der Waals surface area (Å²) in [7, 11) is 0. The van der Waals surface area contributed by atoms with Gasteiger partial charge in [-0.2, -0.15) is 0 Å². The number of hydrogen-bond donors (Lipinski definition) is 1. The van der Waals surface area contributed by atoms with Crippen LogP contribution in [-0.2, 0) is 0 Å². The van der Waals surface area contributed by atoms with Crippen molar-refractivity contribution in [1.29, 1.82) is 0 Å². The molecule has 4 nitrogen and oxygen atoms in total. The van der Waals surface area contributed by atoms with Crippen molar-refractivity contribution in [1.82, 2.24) is 10.2 Å². The first-order valence-electron chi connectivity index (χ1n) is 6.46. The maximum absolute atomic E-state index is 12.5. The second-order valence-corrected chi connectivity index (χ2v) is 4.47. The molecule has 0 aliphatic carbocycles. The van der Waals surface area contributed by atoms with Gasteiger partial charge >= 0.3 is 0 Å². The van der Waals surface area contributed by atoms with Crippen LogP contribution in [-0.4, -0.2) is 43.6 Å². The van der Waals surface area contributed by atoms with Gasteiger partial charge in [-0.05, 0) is 26.0 Å². The highest BCUT2D eigenvalue weighted by molar-refractivity contribution is 5.97. The standard InChI is InChI=1S/C14H20N2O2/c1-3-18-13-5-4-11(2)10-12(13)14(17)16-8-6-15-7-9-16/h4-5,10,15H,3,6-9H2,1-2H3. The normalized spacial score (nSPS) is 15.6. The monoisotopic (exact) mass is 248 g/mol. The first kappa shape index (κ1) is 12.9. The van der Waals surface area contributed by atoms with E-state index in [1.54, 1.807) is 0 Å². The van der Waals surface area contributed by atoms with E-state index in [2.05, 4.69) is 5.32 Å². The lowest BCUT2D eigenvalue weighted by Gasteiger charge is -2.28. The van der Waals surface area contributed by atoms with Crippen molar-refractivity contribution < 1.29 is 9.53 Å². The fraction of sp³-hybridized carbons (Fsp3) is 0.500. The Morgan fingerprint density at radius 1 is 1.39 bits per heavy atom. The largest absolute Gasteiger partial charge is 0.493 e. The molecule has 0 unspecified atom stereocenters. The van der Waals surface area contributed by atoms with Gasteiger partial charge in [0.1, 0.15) is 5.75 Å². The predicted octanol–water partition coefficient (Wildman–Crippen LogP) is 1.44. The first-order chi connectivity index (χ1) is 8.72. The SMILES string of the molecule is CCOc1ccc(C)cc1C(=O)N1CCNCC1. The summed E-state index contributed by atoms with van der Waals surface area (Å²) in [5.74, 6) is 0.760. The summed E-state index contributed by atoms with van der Waals surface area (Å²) in [5, 5.41) is 3.25. The number of amides is 1. The van der Waals surface area contributed by atoms with E-state index in [0.717, 1.165) is 31.7 Å². The third-order valence-electron chi connectivity index (χ3n) is 3.07. The van der Waals surface area contributed by atoms with E-state index in [1.165, 1.54) is 0 Å². The summed E-state index contributed by atoms with van der Waals surface area (Å²) >= 11 is 0. The van der Waals surface area contributed by atoms with Crippen molar-refractivity contribution in [3.05, 3.63) is 29.3 Å². The van der Waals surface area contributed by atoms with Gasteiger partial charge in [0.25, 0.3) is 5.91 Å². The molecule has 1 saturated heterocycles. The molecule has 0 atom stereocenters. The number of nitrogens with one attached hydrogen (secondary N) is 1. The molecule has 1 N–H and O–H groups in total. The van der Waals surface area contributed by atoms with Crippen LogP contribution >= 0.6 is 0 Å². The molecule has 1 aliphatic heterocycles. The van der Waals surface area contributed by atoms with Crippen LogP contribution in [0.1, 0.15) is 22.8 Å². The highest BCUT2D eigenvalue weighted by atomic mass is 16.5. The van der Waals surface area contributed by atoms with Gasteiger partial charge in [-0.25, -0.2) is 0 Å². The smallest absolute Gasteiger partial charge is 0.257 e. The zero-order chi connectivity index (χ0) is 13.0. The Bertz CT molecular complexity index is 426. The van der Waals surface area contributed by atoms with Crippen LogP contribution < -0.4 is 10.1 Å². The van der Waals surface area contributed by atoms with Gasteiger partial charge in [0, 0.05) is 26.2 Å². The van der Waals surface area contributed by atoms with Gasteiger partial charge in [-0.1, -0.05) is 11.6 Å². The van der Waals surface area contributed by atoms with Gasteiger partial charge in [-0.15, -0.1) is 0 Å². The van der Waals surface area contributed by atoms with Crippen molar-refractivity contribution in [3.8, 4) is 5.75 Å². The number of carbonyl (C=O) groups is 1. The minimum Gasteiger partial charge on any atom is -0.493 e. The second kappa shape index (κ2) is 5.87. The molecule has 0 saturated carbocycles. The summed E-state index contributed by atoms with van der Waals surface area (Å²) in [6, 6.07) is 5.77. The van der Waals surface area contributed by atoms with Crippen LogP contribution in [0.15, 0.2) is 18.2 Å². The predicted molar refractivity (Wildman–Crippen MR) is 71.1 cm³/mol. The molecular weight excluding hydrogens is 228 g/mol. The van der Waals surface area contributed by atoms with Crippen LogP contribution in [0.25, 0.3) is 0 Å². The Balaban J connectivity index is 2.24. The molecule has 0 bridgehead atoms. The maximum Gasteiger partial charge on any atom is 0.257 e. The molecule has 0 spiro atoms. The lowest BCUT2D eigenvalue weighted by molar-refractivity contribution is 0.0731. The molecule has 1 aromatic rings. The fourth-order valence-corrected chi connectivity index (χ4v) is 2.13. The number of aryl methyl sites for hydroxylation is 1. The molecule has 1 fully saturated rings. The highest BCUT2D eigenvalue weighted by Gasteiger charge is 2.21. The lowest BCUT2D eigenvalue weighted by Crippen LogP contribution is -2.46. The van der Waals surface area contributed by atoms with Crippen molar-refractivity contribution >= 4 is 5.91 Å². The Labute approximate surface area is 108 Å². The molecule has 98 valence electrons. The van der Waals surface area contributed by atoms with E-state index >= 15 is 0 Å². The minimum absolute atomic E-state index is 0.0728. The number of hydrogen-bond acceptors (Lipinski definition) is 3. The molecule has 0 aromatic heterocycles. The fourth-order valence-electron chi connectivity index (χ4n) is 2.13. The molecule has 1 aromatic carbocycles. The van der Waals surface area contributed by atoms with E-state index in [1.807, 2.05) is 36.9 Å². The molecule has 2 rings (SSSR count). The zero-order valence-corrected chi connectivity index (χ0v) is 11.0. The van der Waals surface area contributed by atoms with Gasteiger partial charge in [0.2, 0.25) is 0 Å². The number of carbonyl (C=O) groups excluding carboxylic acids is 1. The molecule has 4 heteroatoms. The quantitative estimate of drug-likeness (QED) is 0.880. The van der Waals surface area contributed by atoms with Gasteiger partial charge in [0.05, 0.1) is 12.2 Å². The van der Waals surface area contributed by atoms with Crippen molar-refractivity contribution in [2.75, 3.05) is 32.8 Å². The van der Waals surface area contributed by atoms with Crippen molar-refractivity contribution in [2.45, 2.75) is 13.8 Å².